The molecule has 0 atom stereocenters. The third-order valence-corrected chi connectivity index (χ3v) is 3.25. The number of aromatic nitrogens is 2. The van der Waals surface area contributed by atoms with Crippen LogP contribution in [0, 0.1) is 11.3 Å². The Morgan fingerprint density at radius 3 is 2.38 bits per heavy atom. The Bertz CT molecular complexity index is 783. The first-order valence-electron chi connectivity index (χ1n) is 6.51. The van der Waals surface area contributed by atoms with Gasteiger partial charge in [0.25, 0.3) is 0 Å². The zero-order valence-electron chi connectivity index (χ0n) is 11.5. The van der Waals surface area contributed by atoms with E-state index in [1.165, 1.54) is 0 Å². The summed E-state index contributed by atoms with van der Waals surface area (Å²) >= 11 is 0. The van der Waals surface area contributed by atoms with Crippen molar-refractivity contribution in [2.45, 2.75) is 0 Å². The molecule has 1 aromatic heterocycles. The molecule has 0 N–H and O–H groups in total. The van der Waals surface area contributed by atoms with Gasteiger partial charge in [0.1, 0.15) is 11.8 Å². The molecule has 0 saturated carbocycles. The fourth-order valence-electron chi connectivity index (χ4n) is 2.22. The van der Waals surface area contributed by atoms with Crippen LogP contribution in [0.5, 0.6) is 5.75 Å². The molecule has 0 aliphatic heterocycles. The Kier molecular flexibility index (Phi) is 3.40. The SMILES string of the molecule is COc1ccc(-c2c(C#N)cnn2-c2ccccc2)cc1. The van der Waals surface area contributed by atoms with Crippen LogP contribution >= 0.6 is 0 Å². The van der Waals surface area contributed by atoms with Crippen molar-refractivity contribution in [1.82, 2.24) is 9.78 Å². The maximum atomic E-state index is 9.31. The van der Waals surface area contributed by atoms with Gasteiger partial charge in [0, 0.05) is 5.56 Å². The quantitative estimate of drug-likeness (QED) is 0.736. The number of hydrogen-bond acceptors (Lipinski definition) is 3. The molecule has 3 aromatic rings. The molecular formula is C17H13N3O. The van der Waals surface area contributed by atoms with E-state index in [1.54, 1.807) is 18.0 Å². The van der Waals surface area contributed by atoms with Gasteiger partial charge >= 0.3 is 0 Å². The third kappa shape index (κ3) is 2.37. The highest BCUT2D eigenvalue weighted by Gasteiger charge is 2.14. The minimum Gasteiger partial charge on any atom is -0.497 e. The number of hydrogen-bond donors (Lipinski definition) is 0. The molecule has 0 bridgehead atoms. The van der Waals surface area contributed by atoms with Crippen molar-refractivity contribution in [3.8, 4) is 28.8 Å². The van der Waals surface area contributed by atoms with E-state index in [9.17, 15) is 5.26 Å². The second-order valence-electron chi connectivity index (χ2n) is 4.49. The van der Waals surface area contributed by atoms with E-state index in [0.717, 1.165) is 22.7 Å². The van der Waals surface area contributed by atoms with Gasteiger partial charge in [-0.25, -0.2) is 4.68 Å². The molecule has 0 aliphatic carbocycles. The van der Waals surface area contributed by atoms with Gasteiger partial charge in [0.05, 0.1) is 30.3 Å². The van der Waals surface area contributed by atoms with Gasteiger partial charge in [0.2, 0.25) is 0 Å². The first-order valence-corrected chi connectivity index (χ1v) is 6.51. The largest absolute Gasteiger partial charge is 0.497 e. The highest BCUT2D eigenvalue weighted by Crippen LogP contribution is 2.27. The van der Waals surface area contributed by atoms with E-state index in [-0.39, 0.29) is 0 Å². The Balaban J connectivity index is 2.16. The first kappa shape index (κ1) is 12.9. The van der Waals surface area contributed by atoms with E-state index in [0.29, 0.717) is 5.56 Å². The minimum absolute atomic E-state index is 0.545. The topological polar surface area (TPSA) is 50.8 Å². The summed E-state index contributed by atoms with van der Waals surface area (Å²) in [6.45, 7) is 0. The summed E-state index contributed by atoms with van der Waals surface area (Å²) in [6.07, 6.45) is 1.59. The lowest BCUT2D eigenvalue weighted by Crippen LogP contribution is -1.99. The van der Waals surface area contributed by atoms with Crippen LogP contribution in [-0.4, -0.2) is 16.9 Å². The molecule has 0 saturated heterocycles. The second kappa shape index (κ2) is 5.51. The Morgan fingerprint density at radius 1 is 1.05 bits per heavy atom. The Labute approximate surface area is 122 Å². The average Bonchev–Trinajstić information content (AvgIpc) is 2.99. The van der Waals surface area contributed by atoms with Gasteiger partial charge in [0.15, 0.2) is 0 Å². The summed E-state index contributed by atoms with van der Waals surface area (Å²) in [4.78, 5) is 0. The van der Waals surface area contributed by atoms with E-state index in [4.69, 9.17) is 4.74 Å². The van der Waals surface area contributed by atoms with Gasteiger partial charge in [-0.2, -0.15) is 10.4 Å². The second-order valence-corrected chi connectivity index (χ2v) is 4.49. The Hall–Kier alpha value is -3.06. The summed E-state index contributed by atoms with van der Waals surface area (Å²) in [5, 5.41) is 13.7. The first-order chi connectivity index (χ1) is 10.3. The lowest BCUT2D eigenvalue weighted by Gasteiger charge is -2.09. The van der Waals surface area contributed by atoms with E-state index in [2.05, 4.69) is 11.2 Å². The van der Waals surface area contributed by atoms with Crippen molar-refractivity contribution < 1.29 is 4.74 Å². The monoisotopic (exact) mass is 275 g/mol. The van der Waals surface area contributed by atoms with Crippen molar-refractivity contribution in [3.05, 3.63) is 66.4 Å². The van der Waals surface area contributed by atoms with Crippen molar-refractivity contribution in [1.29, 1.82) is 5.26 Å². The van der Waals surface area contributed by atoms with E-state index in [1.807, 2.05) is 54.6 Å². The number of benzene rings is 2. The van der Waals surface area contributed by atoms with Crippen LogP contribution in [0.25, 0.3) is 16.9 Å². The predicted molar refractivity (Wildman–Crippen MR) is 80.3 cm³/mol. The molecule has 0 amide bonds. The van der Waals surface area contributed by atoms with Crippen molar-refractivity contribution in [2.24, 2.45) is 0 Å². The zero-order valence-corrected chi connectivity index (χ0v) is 11.5. The Morgan fingerprint density at radius 2 is 1.76 bits per heavy atom. The van der Waals surface area contributed by atoms with Crippen LogP contribution < -0.4 is 4.74 Å². The molecule has 4 nitrogen and oxygen atoms in total. The van der Waals surface area contributed by atoms with Gasteiger partial charge in [-0.1, -0.05) is 18.2 Å². The number of para-hydroxylation sites is 1. The molecule has 0 spiro atoms. The fourth-order valence-corrected chi connectivity index (χ4v) is 2.22. The third-order valence-electron chi connectivity index (χ3n) is 3.25. The van der Waals surface area contributed by atoms with Gasteiger partial charge < -0.3 is 4.74 Å². The van der Waals surface area contributed by atoms with Crippen molar-refractivity contribution in [2.75, 3.05) is 7.11 Å². The van der Waals surface area contributed by atoms with Crippen LogP contribution in [0.4, 0.5) is 0 Å². The molecule has 2 aromatic carbocycles. The number of rotatable bonds is 3. The maximum Gasteiger partial charge on any atom is 0.118 e. The fraction of sp³-hybridized carbons (Fsp3) is 0.0588. The number of nitrogens with zero attached hydrogens (tertiary/aromatic N) is 3. The molecule has 4 heteroatoms. The standard InChI is InChI=1S/C17H13N3O/c1-21-16-9-7-13(8-10-16)17-14(11-18)12-19-20(17)15-5-3-2-4-6-15/h2-10,12H,1H3. The highest BCUT2D eigenvalue weighted by atomic mass is 16.5. The average molecular weight is 275 g/mol. The number of ether oxygens (including phenoxy) is 1. The molecule has 0 fully saturated rings. The molecule has 0 unspecified atom stereocenters. The number of nitriles is 1. The summed E-state index contributed by atoms with van der Waals surface area (Å²) in [5.41, 5.74) is 3.17. The zero-order chi connectivity index (χ0) is 14.7. The van der Waals surface area contributed by atoms with Crippen LogP contribution in [0.15, 0.2) is 60.8 Å². The molecule has 1 heterocycles. The lowest BCUT2D eigenvalue weighted by molar-refractivity contribution is 0.415. The summed E-state index contributed by atoms with van der Waals surface area (Å²) < 4.78 is 6.95. The van der Waals surface area contributed by atoms with Gasteiger partial charge in [-0.05, 0) is 36.4 Å². The van der Waals surface area contributed by atoms with Gasteiger partial charge in [-0.3, -0.25) is 0 Å². The predicted octanol–water partition coefficient (Wildman–Crippen LogP) is 3.42. The molecular weight excluding hydrogens is 262 g/mol. The lowest BCUT2D eigenvalue weighted by atomic mass is 10.1. The molecule has 0 radical (unpaired) electrons. The van der Waals surface area contributed by atoms with Crippen molar-refractivity contribution in [3.63, 3.8) is 0 Å². The smallest absolute Gasteiger partial charge is 0.118 e. The molecule has 3 rings (SSSR count). The summed E-state index contributed by atoms with van der Waals surface area (Å²) in [5.74, 6) is 0.781. The van der Waals surface area contributed by atoms with Crippen LogP contribution in [0.3, 0.4) is 0 Å². The van der Waals surface area contributed by atoms with E-state index < -0.39 is 0 Å². The van der Waals surface area contributed by atoms with Crippen LogP contribution in [0.2, 0.25) is 0 Å². The van der Waals surface area contributed by atoms with Crippen LogP contribution in [-0.2, 0) is 0 Å². The highest BCUT2D eigenvalue weighted by molar-refractivity contribution is 5.69. The van der Waals surface area contributed by atoms with Crippen LogP contribution in [0.1, 0.15) is 5.56 Å². The van der Waals surface area contributed by atoms with Crippen molar-refractivity contribution >= 4 is 0 Å². The van der Waals surface area contributed by atoms with Gasteiger partial charge in [-0.15, -0.1) is 0 Å². The summed E-state index contributed by atoms with van der Waals surface area (Å²) in [6, 6.07) is 19.6. The number of methoxy groups -OCH3 is 1. The van der Waals surface area contributed by atoms with E-state index >= 15 is 0 Å². The maximum absolute atomic E-state index is 9.31. The minimum atomic E-state index is 0.545. The molecule has 21 heavy (non-hydrogen) atoms. The normalized spacial score (nSPS) is 10.1. The molecule has 102 valence electrons. The molecule has 0 aliphatic rings. The summed E-state index contributed by atoms with van der Waals surface area (Å²) in [7, 11) is 1.63.